The van der Waals surface area contributed by atoms with E-state index in [1.165, 1.54) is 6.92 Å². The van der Waals surface area contributed by atoms with E-state index < -0.39 is 30.2 Å². The first-order valence-electron chi connectivity index (χ1n) is 8.82. The topological polar surface area (TPSA) is 136 Å². The van der Waals surface area contributed by atoms with Gasteiger partial charge in [0.2, 0.25) is 24.0 Å². The second-order valence-corrected chi connectivity index (χ2v) is 7.02. The lowest BCUT2D eigenvalue weighted by atomic mass is 9.82. The summed E-state index contributed by atoms with van der Waals surface area (Å²) in [5, 5.41) is 21.9. The quantitative estimate of drug-likeness (QED) is 0.316. The number of alkyl halides is 1. The van der Waals surface area contributed by atoms with E-state index in [2.05, 4.69) is 26.1 Å². The van der Waals surface area contributed by atoms with Crippen molar-refractivity contribution in [2.75, 3.05) is 11.9 Å². The van der Waals surface area contributed by atoms with Crippen molar-refractivity contribution < 1.29 is 38.9 Å². The zero-order chi connectivity index (χ0) is 20.7. The van der Waals surface area contributed by atoms with Crippen LogP contribution in [0.15, 0.2) is 12.1 Å². The van der Waals surface area contributed by atoms with Crippen molar-refractivity contribution >= 4 is 34.0 Å². The number of nitrogens with one attached hydrogen (secondary N) is 1. The van der Waals surface area contributed by atoms with Crippen LogP contribution in [0.2, 0.25) is 0 Å². The zero-order valence-corrected chi connectivity index (χ0v) is 16.9. The van der Waals surface area contributed by atoms with Crippen LogP contribution in [0.4, 0.5) is 4.79 Å². The number of carbonyl (C=O) groups is 3. The molecule has 3 N–H and O–H groups in total. The highest BCUT2D eigenvalue weighted by Crippen LogP contribution is 2.29. The molecule has 1 aromatic rings. The molecule has 10 nitrogen and oxygen atoms in total. The molecule has 28 heavy (non-hydrogen) atoms. The highest BCUT2D eigenvalue weighted by molar-refractivity contribution is 9.09. The Morgan fingerprint density at radius 3 is 2.36 bits per heavy atom. The number of nitrogens with zero attached hydrogens (tertiary/aromatic N) is 1. The van der Waals surface area contributed by atoms with Crippen LogP contribution in [0, 0.1) is 11.8 Å². The number of aromatic nitrogens is 1. The van der Waals surface area contributed by atoms with Gasteiger partial charge in [-0.2, -0.15) is 0 Å². The van der Waals surface area contributed by atoms with Gasteiger partial charge in [0, 0.05) is 25.6 Å². The molecule has 1 atom stereocenters. The lowest BCUT2D eigenvalue weighted by Crippen LogP contribution is -2.34. The minimum Gasteiger partial charge on any atom is -0.492 e. The second kappa shape index (κ2) is 10.2. The maximum absolute atomic E-state index is 12.2. The minimum absolute atomic E-state index is 0.0686. The molecule has 0 bridgehead atoms. The molecule has 1 amide bonds. The minimum atomic E-state index is -1.26. The van der Waals surface area contributed by atoms with Crippen LogP contribution in [0.1, 0.15) is 32.6 Å². The predicted octanol–water partition coefficient (Wildman–Crippen LogP) is 1.67. The fourth-order valence-corrected chi connectivity index (χ4v) is 3.12. The summed E-state index contributed by atoms with van der Waals surface area (Å²) in [5.74, 6) is -1.53. The Balaban J connectivity index is 1.71. The smallest absolute Gasteiger partial charge is 0.492 e. The van der Waals surface area contributed by atoms with E-state index in [1.54, 1.807) is 0 Å². The second-order valence-electron chi connectivity index (χ2n) is 6.46. The maximum Gasteiger partial charge on any atom is 0.537 e. The molecule has 156 valence electrons. The molecule has 0 saturated heterocycles. The third kappa shape index (κ3) is 6.32. The Morgan fingerprint density at radius 1 is 1.18 bits per heavy atom. The Kier molecular flexibility index (Phi) is 7.97. The fraction of sp³-hybridized carbons (Fsp3) is 0.588. The monoisotopic (exact) mass is 462 g/mol. The molecule has 0 aliphatic heterocycles. The predicted molar refractivity (Wildman–Crippen MR) is 98.6 cm³/mol. The molecular weight excluding hydrogens is 440 g/mol. The molecule has 1 aromatic heterocycles. The molecule has 0 radical (unpaired) electrons. The van der Waals surface area contributed by atoms with Crippen LogP contribution >= 0.6 is 15.9 Å². The van der Waals surface area contributed by atoms with Crippen molar-refractivity contribution in [1.82, 2.24) is 10.0 Å². The number of hydrogen-bond donors (Lipinski definition) is 3. The standard InChI is InChI=1S/C17H23BrN2O8/c1-10(27-17(25)28-20-14(22)6-7-15(20)23)26-16(24)12-4-2-11(3-5-12)9-19-13(21)8-18/h6-7,10-12,22-23H,2-5,8-9H2,1H3,(H,19,21). The Labute approximate surface area is 169 Å². The van der Waals surface area contributed by atoms with Gasteiger partial charge in [0.1, 0.15) is 0 Å². The van der Waals surface area contributed by atoms with Crippen LogP contribution in [0.25, 0.3) is 0 Å². The lowest BCUT2D eigenvalue weighted by molar-refractivity contribution is -0.174. The van der Waals surface area contributed by atoms with Crippen LogP contribution in [-0.2, 0) is 19.1 Å². The average molecular weight is 463 g/mol. The molecule has 11 heteroatoms. The fourth-order valence-electron chi connectivity index (χ4n) is 2.92. The summed E-state index contributed by atoms with van der Waals surface area (Å²) in [4.78, 5) is 39.8. The van der Waals surface area contributed by atoms with E-state index in [0.29, 0.717) is 30.0 Å². The molecule has 1 aliphatic rings. The summed E-state index contributed by atoms with van der Waals surface area (Å²) < 4.78 is 10.4. The van der Waals surface area contributed by atoms with Crippen molar-refractivity contribution in [1.29, 1.82) is 0 Å². The molecule has 1 heterocycles. The van der Waals surface area contributed by atoms with Gasteiger partial charge in [-0.15, -0.1) is 4.73 Å². The SMILES string of the molecule is CC(OC(=O)On1c(O)ccc1O)OC(=O)C1CCC(CNC(=O)CBr)CC1. The van der Waals surface area contributed by atoms with Crippen LogP contribution in [0.5, 0.6) is 11.8 Å². The Hall–Kier alpha value is -2.43. The van der Waals surface area contributed by atoms with Crippen molar-refractivity contribution in [3.63, 3.8) is 0 Å². The number of amides is 1. The summed E-state index contributed by atoms with van der Waals surface area (Å²) in [6.45, 7) is 1.94. The van der Waals surface area contributed by atoms with Gasteiger partial charge < -0.3 is 25.0 Å². The molecule has 1 aliphatic carbocycles. The maximum atomic E-state index is 12.2. The first-order chi connectivity index (χ1) is 13.3. The van der Waals surface area contributed by atoms with Crippen LogP contribution < -0.4 is 10.2 Å². The molecule has 1 fully saturated rings. The number of aromatic hydroxyl groups is 2. The Bertz CT molecular complexity index is 680. The zero-order valence-electron chi connectivity index (χ0n) is 15.3. The van der Waals surface area contributed by atoms with Crippen molar-refractivity contribution in [2.45, 2.75) is 38.9 Å². The molecule has 0 aromatic carbocycles. The van der Waals surface area contributed by atoms with Crippen molar-refractivity contribution in [2.24, 2.45) is 11.8 Å². The number of hydrogen-bond acceptors (Lipinski definition) is 8. The third-order valence-electron chi connectivity index (χ3n) is 4.40. The molecule has 0 spiro atoms. The summed E-state index contributed by atoms with van der Waals surface area (Å²) in [6, 6.07) is 2.24. The van der Waals surface area contributed by atoms with Gasteiger partial charge in [-0.25, -0.2) is 4.79 Å². The Morgan fingerprint density at radius 2 is 1.79 bits per heavy atom. The van der Waals surface area contributed by atoms with E-state index in [4.69, 9.17) is 9.47 Å². The number of halogens is 1. The van der Waals surface area contributed by atoms with E-state index in [9.17, 15) is 24.6 Å². The molecular formula is C17H23BrN2O8. The largest absolute Gasteiger partial charge is 0.537 e. The average Bonchev–Trinajstić information content (AvgIpc) is 2.98. The summed E-state index contributed by atoms with van der Waals surface area (Å²) in [7, 11) is 0. The van der Waals surface area contributed by atoms with Gasteiger partial charge in [-0.05, 0) is 31.6 Å². The van der Waals surface area contributed by atoms with E-state index in [0.717, 1.165) is 25.0 Å². The van der Waals surface area contributed by atoms with Gasteiger partial charge in [0.15, 0.2) is 0 Å². The van der Waals surface area contributed by atoms with E-state index in [1.807, 2.05) is 0 Å². The molecule has 2 rings (SSSR count). The van der Waals surface area contributed by atoms with Crippen molar-refractivity contribution in [3.05, 3.63) is 12.1 Å². The van der Waals surface area contributed by atoms with Crippen LogP contribution in [-0.4, -0.2) is 51.1 Å². The number of esters is 1. The van der Waals surface area contributed by atoms with E-state index >= 15 is 0 Å². The highest BCUT2D eigenvalue weighted by Gasteiger charge is 2.29. The highest BCUT2D eigenvalue weighted by atomic mass is 79.9. The number of carbonyl (C=O) groups excluding carboxylic acids is 3. The number of rotatable bonds is 7. The molecule has 1 unspecified atom stereocenters. The first-order valence-corrected chi connectivity index (χ1v) is 9.94. The summed E-state index contributed by atoms with van der Waals surface area (Å²) >= 11 is 3.09. The van der Waals surface area contributed by atoms with E-state index in [-0.39, 0.29) is 17.2 Å². The lowest BCUT2D eigenvalue weighted by Gasteiger charge is -2.28. The normalized spacial score (nSPS) is 20.1. The summed E-state index contributed by atoms with van der Waals surface area (Å²) in [5.41, 5.74) is 0. The van der Waals surface area contributed by atoms with Crippen molar-refractivity contribution in [3.8, 4) is 11.8 Å². The van der Waals surface area contributed by atoms with Gasteiger partial charge in [-0.1, -0.05) is 15.9 Å². The van der Waals surface area contributed by atoms with Gasteiger partial charge in [-0.3, -0.25) is 14.4 Å². The summed E-state index contributed by atoms with van der Waals surface area (Å²) in [6.07, 6.45) is 0.355. The van der Waals surface area contributed by atoms with Gasteiger partial charge >= 0.3 is 12.1 Å². The van der Waals surface area contributed by atoms with Gasteiger partial charge in [0.25, 0.3) is 0 Å². The third-order valence-corrected chi connectivity index (χ3v) is 4.91. The van der Waals surface area contributed by atoms with Crippen LogP contribution in [0.3, 0.4) is 0 Å². The first kappa shape index (κ1) is 21.9. The van der Waals surface area contributed by atoms with Gasteiger partial charge in [0.05, 0.1) is 11.2 Å². The number of ether oxygens (including phenoxy) is 2. The molecule has 1 saturated carbocycles.